The van der Waals surface area contributed by atoms with Gasteiger partial charge in [0, 0.05) is 13.2 Å². The van der Waals surface area contributed by atoms with Gasteiger partial charge in [-0.25, -0.2) is 13.4 Å². The lowest BCUT2D eigenvalue weighted by molar-refractivity contribution is 0.102. The fourth-order valence-electron chi connectivity index (χ4n) is 2.68. The minimum absolute atomic E-state index is 0.110. The summed E-state index contributed by atoms with van der Waals surface area (Å²) in [5.41, 5.74) is 1.00. The van der Waals surface area contributed by atoms with E-state index < -0.39 is 14.6 Å². The number of pyridine rings is 1. The highest BCUT2D eigenvalue weighted by atomic mass is 32.2. The van der Waals surface area contributed by atoms with Crippen LogP contribution in [-0.4, -0.2) is 36.4 Å². The first kappa shape index (κ1) is 17.2. The molecule has 1 aliphatic carbocycles. The van der Waals surface area contributed by atoms with Crippen LogP contribution in [0.15, 0.2) is 23.4 Å². The molecule has 1 saturated carbocycles. The Morgan fingerprint density at radius 1 is 1.32 bits per heavy atom. The van der Waals surface area contributed by atoms with Crippen molar-refractivity contribution < 1.29 is 13.5 Å². The third-order valence-electron chi connectivity index (χ3n) is 4.54. The van der Waals surface area contributed by atoms with Crippen LogP contribution in [0.1, 0.15) is 46.5 Å². The molecule has 0 atom stereocenters. The van der Waals surface area contributed by atoms with Crippen molar-refractivity contribution in [2.45, 2.75) is 56.2 Å². The number of aliphatic hydroxyl groups is 1. The average Bonchev–Trinajstić information content (AvgIpc) is 2.41. The molecule has 0 spiro atoms. The number of nitrogens with zero attached hydrogens (tertiary/aromatic N) is 1. The van der Waals surface area contributed by atoms with E-state index in [2.05, 4.69) is 10.3 Å². The van der Waals surface area contributed by atoms with E-state index in [-0.39, 0.29) is 17.0 Å². The molecule has 2 N–H and O–H groups in total. The van der Waals surface area contributed by atoms with E-state index in [4.69, 9.17) is 5.11 Å². The molecule has 5 nitrogen and oxygen atoms in total. The van der Waals surface area contributed by atoms with Crippen molar-refractivity contribution in [3.8, 4) is 0 Å². The first-order valence-electron chi connectivity index (χ1n) is 7.76. The van der Waals surface area contributed by atoms with Gasteiger partial charge in [0.2, 0.25) is 0 Å². The molecule has 0 bridgehead atoms. The molecule has 2 rings (SSSR count). The van der Waals surface area contributed by atoms with Crippen LogP contribution in [0.5, 0.6) is 0 Å². The van der Waals surface area contributed by atoms with Crippen LogP contribution in [0.25, 0.3) is 0 Å². The molecule has 6 heteroatoms. The predicted octanol–water partition coefficient (Wildman–Crippen LogP) is 2.62. The van der Waals surface area contributed by atoms with Crippen molar-refractivity contribution in [2.75, 3.05) is 18.5 Å². The molecular weight excluding hydrogens is 300 g/mol. The van der Waals surface area contributed by atoms with Gasteiger partial charge >= 0.3 is 0 Å². The molecule has 0 saturated heterocycles. The molecule has 124 valence electrons. The van der Waals surface area contributed by atoms with Crippen LogP contribution in [0.4, 0.5) is 5.69 Å². The normalized spacial score (nSPS) is 17.8. The van der Waals surface area contributed by atoms with Crippen molar-refractivity contribution >= 4 is 15.5 Å². The van der Waals surface area contributed by atoms with Crippen molar-refractivity contribution in [1.82, 2.24) is 4.98 Å². The highest BCUT2D eigenvalue weighted by molar-refractivity contribution is 7.92. The molecular formula is C16H26N2O3S. The van der Waals surface area contributed by atoms with Crippen molar-refractivity contribution in [2.24, 2.45) is 5.41 Å². The van der Waals surface area contributed by atoms with Crippen molar-refractivity contribution in [1.29, 1.82) is 0 Å². The van der Waals surface area contributed by atoms with Gasteiger partial charge in [0.25, 0.3) is 0 Å². The fraction of sp³-hybridized carbons (Fsp3) is 0.688. The zero-order valence-corrected chi connectivity index (χ0v) is 14.4. The standard InChI is InChI=1S/C16H26N2O3S/c1-15(2,3)22(20,21)14-6-5-13(11-17-14)18-12-16(9-10-19)7-4-8-16/h5-6,11,18-19H,4,7-10,12H2,1-3H3. The molecule has 0 aromatic carbocycles. The lowest BCUT2D eigenvalue weighted by atomic mass is 9.67. The maximum atomic E-state index is 12.3. The molecule has 1 fully saturated rings. The number of rotatable bonds is 6. The number of hydrogen-bond acceptors (Lipinski definition) is 5. The first-order chi connectivity index (χ1) is 10.2. The minimum Gasteiger partial charge on any atom is -0.396 e. The summed E-state index contributed by atoms with van der Waals surface area (Å²) in [6, 6.07) is 3.32. The van der Waals surface area contributed by atoms with Crippen LogP contribution in [0, 0.1) is 5.41 Å². The van der Waals surface area contributed by atoms with E-state index in [0.29, 0.717) is 0 Å². The Morgan fingerprint density at radius 3 is 2.41 bits per heavy atom. The number of nitrogens with one attached hydrogen (secondary N) is 1. The lowest BCUT2D eigenvalue weighted by Crippen LogP contribution is -2.37. The summed E-state index contributed by atoms with van der Waals surface area (Å²) in [7, 11) is -3.41. The SMILES string of the molecule is CC(C)(C)S(=O)(=O)c1ccc(NCC2(CCO)CCC2)cn1. The second-order valence-corrected chi connectivity index (χ2v) is 9.83. The van der Waals surface area contributed by atoms with E-state index in [1.54, 1.807) is 39.1 Å². The van der Waals surface area contributed by atoms with E-state index >= 15 is 0 Å². The van der Waals surface area contributed by atoms with E-state index in [1.807, 2.05) is 0 Å². The van der Waals surface area contributed by atoms with Crippen LogP contribution in [0.3, 0.4) is 0 Å². The Balaban J connectivity index is 2.04. The zero-order valence-electron chi connectivity index (χ0n) is 13.6. The monoisotopic (exact) mass is 326 g/mol. The largest absolute Gasteiger partial charge is 0.396 e. The zero-order chi connectivity index (χ0) is 16.4. The molecule has 1 heterocycles. The number of sulfone groups is 1. The van der Waals surface area contributed by atoms with Gasteiger partial charge in [-0.3, -0.25) is 0 Å². The summed E-state index contributed by atoms with van der Waals surface area (Å²) in [4.78, 5) is 4.11. The molecule has 0 unspecified atom stereocenters. The highest BCUT2D eigenvalue weighted by Gasteiger charge is 2.36. The summed E-state index contributed by atoms with van der Waals surface area (Å²) in [6.07, 6.45) is 5.85. The van der Waals surface area contributed by atoms with Gasteiger partial charge in [0.05, 0.1) is 16.6 Å². The molecule has 22 heavy (non-hydrogen) atoms. The number of aromatic nitrogens is 1. The Hall–Kier alpha value is -1.14. The fourth-order valence-corrected chi connectivity index (χ4v) is 3.74. The summed E-state index contributed by atoms with van der Waals surface area (Å²) in [6.45, 7) is 6.02. The van der Waals surface area contributed by atoms with Gasteiger partial charge < -0.3 is 10.4 Å². The van der Waals surface area contributed by atoms with Crippen LogP contribution in [0.2, 0.25) is 0 Å². The molecule has 0 amide bonds. The van der Waals surface area contributed by atoms with Crippen molar-refractivity contribution in [3.63, 3.8) is 0 Å². The quantitative estimate of drug-likeness (QED) is 0.840. The summed E-state index contributed by atoms with van der Waals surface area (Å²) < 4.78 is 23.8. The molecule has 0 radical (unpaired) electrons. The maximum absolute atomic E-state index is 12.3. The lowest BCUT2D eigenvalue weighted by Gasteiger charge is -2.42. The third-order valence-corrected chi connectivity index (χ3v) is 6.95. The van der Waals surface area contributed by atoms with Crippen LogP contribution >= 0.6 is 0 Å². The van der Waals surface area contributed by atoms with E-state index in [0.717, 1.165) is 31.5 Å². The summed E-state index contributed by atoms with van der Waals surface area (Å²) in [5, 5.41) is 12.6. The van der Waals surface area contributed by atoms with Gasteiger partial charge in [-0.15, -0.1) is 0 Å². The number of aliphatic hydroxyl groups excluding tert-OH is 1. The molecule has 1 aliphatic rings. The Morgan fingerprint density at radius 2 is 2.00 bits per heavy atom. The first-order valence-corrected chi connectivity index (χ1v) is 9.24. The van der Waals surface area contributed by atoms with Gasteiger partial charge in [-0.1, -0.05) is 6.42 Å². The van der Waals surface area contributed by atoms with Gasteiger partial charge in [0.15, 0.2) is 14.9 Å². The molecule has 1 aromatic heterocycles. The smallest absolute Gasteiger partial charge is 0.200 e. The summed E-state index contributed by atoms with van der Waals surface area (Å²) in [5.74, 6) is 0. The van der Waals surface area contributed by atoms with E-state index in [1.165, 1.54) is 6.42 Å². The third kappa shape index (κ3) is 3.43. The van der Waals surface area contributed by atoms with Crippen LogP contribution in [-0.2, 0) is 9.84 Å². The van der Waals surface area contributed by atoms with Gasteiger partial charge in [-0.05, 0) is 57.6 Å². The van der Waals surface area contributed by atoms with E-state index in [9.17, 15) is 8.42 Å². The van der Waals surface area contributed by atoms with Crippen LogP contribution < -0.4 is 5.32 Å². The average molecular weight is 326 g/mol. The van der Waals surface area contributed by atoms with Gasteiger partial charge in [-0.2, -0.15) is 0 Å². The maximum Gasteiger partial charge on any atom is 0.200 e. The number of anilines is 1. The summed E-state index contributed by atoms with van der Waals surface area (Å²) >= 11 is 0. The topological polar surface area (TPSA) is 79.3 Å². The molecule has 1 aromatic rings. The number of hydrogen-bond donors (Lipinski definition) is 2. The Kier molecular flexibility index (Phi) is 4.82. The Bertz CT molecular complexity index is 599. The predicted molar refractivity (Wildman–Crippen MR) is 87.7 cm³/mol. The second kappa shape index (κ2) is 6.16. The minimum atomic E-state index is -3.41. The van der Waals surface area contributed by atoms with Gasteiger partial charge in [0.1, 0.15) is 0 Å². The molecule has 0 aliphatic heterocycles. The Labute approximate surface area is 133 Å². The highest BCUT2D eigenvalue weighted by Crippen LogP contribution is 2.43. The second-order valence-electron chi connectivity index (χ2n) is 7.18. The van der Waals surface area contributed by atoms with Crippen molar-refractivity contribution in [3.05, 3.63) is 18.3 Å².